The summed E-state index contributed by atoms with van der Waals surface area (Å²) >= 11 is 0. The Morgan fingerprint density at radius 2 is 1.76 bits per heavy atom. The molecule has 0 aromatic carbocycles. The van der Waals surface area contributed by atoms with E-state index in [0.717, 1.165) is 19.3 Å². The molecule has 1 saturated carbocycles. The summed E-state index contributed by atoms with van der Waals surface area (Å²) in [5, 5.41) is 3.00. The minimum absolute atomic E-state index is 0.248. The van der Waals surface area contributed by atoms with E-state index in [0.29, 0.717) is 17.4 Å². The summed E-state index contributed by atoms with van der Waals surface area (Å²) in [5.74, 6) is 0. The summed E-state index contributed by atoms with van der Waals surface area (Å²) in [6.45, 7) is 11.6. The normalized spacial score (nSPS) is 23.1. The quantitative estimate of drug-likeness (QED) is 0.817. The molecule has 1 N–H and O–H groups in total. The largest absolute Gasteiger partial charge is 0.450 e. The molecule has 1 aliphatic rings. The van der Waals surface area contributed by atoms with Crippen LogP contribution in [0, 0.1) is 10.8 Å². The minimum atomic E-state index is -0.259. The molecule has 0 unspecified atom stereocenters. The van der Waals surface area contributed by atoms with Crippen LogP contribution < -0.4 is 5.32 Å². The molecule has 1 aliphatic carbocycles. The van der Waals surface area contributed by atoms with Gasteiger partial charge in [0.2, 0.25) is 0 Å². The van der Waals surface area contributed by atoms with E-state index < -0.39 is 0 Å². The van der Waals surface area contributed by atoms with Crippen molar-refractivity contribution >= 4 is 6.09 Å². The van der Waals surface area contributed by atoms with Crippen molar-refractivity contribution in [3.05, 3.63) is 0 Å². The smallest absolute Gasteiger partial charge is 0.407 e. The number of hydrogen-bond acceptors (Lipinski definition) is 2. The molecule has 0 radical (unpaired) electrons. The second-order valence-electron chi connectivity index (χ2n) is 6.89. The average Bonchev–Trinajstić information content (AvgIpc) is 2.09. The highest BCUT2D eigenvalue weighted by Gasteiger charge is 2.38. The summed E-state index contributed by atoms with van der Waals surface area (Å²) in [4.78, 5) is 11.6. The van der Waals surface area contributed by atoms with E-state index in [1.807, 2.05) is 6.92 Å². The SMILES string of the molecule is CCCOC(=O)NC1CC(C)(C)CC(C)(C)C1. The fourth-order valence-electron chi connectivity index (χ4n) is 3.35. The second-order valence-corrected chi connectivity index (χ2v) is 6.89. The van der Waals surface area contributed by atoms with E-state index in [9.17, 15) is 4.79 Å². The number of carbonyl (C=O) groups excluding carboxylic acids is 1. The molecule has 3 nitrogen and oxygen atoms in total. The third kappa shape index (κ3) is 4.97. The molecule has 0 bridgehead atoms. The first-order chi connectivity index (χ1) is 7.74. The lowest BCUT2D eigenvalue weighted by atomic mass is 9.63. The molecular formula is C14H27NO2. The van der Waals surface area contributed by atoms with Gasteiger partial charge in [0.05, 0.1) is 6.61 Å². The highest BCUT2D eigenvalue weighted by atomic mass is 16.5. The topological polar surface area (TPSA) is 38.3 Å². The van der Waals surface area contributed by atoms with Crippen LogP contribution in [-0.4, -0.2) is 18.7 Å². The van der Waals surface area contributed by atoms with Gasteiger partial charge in [-0.3, -0.25) is 0 Å². The number of rotatable bonds is 3. The zero-order valence-corrected chi connectivity index (χ0v) is 11.9. The van der Waals surface area contributed by atoms with Crippen molar-refractivity contribution in [1.82, 2.24) is 5.32 Å². The predicted molar refractivity (Wildman–Crippen MR) is 70.0 cm³/mol. The number of hydrogen-bond donors (Lipinski definition) is 1. The molecule has 17 heavy (non-hydrogen) atoms. The highest BCUT2D eigenvalue weighted by molar-refractivity contribution is 5.67. The molecular weight excluding hydrogens is 214 g/mol. The van der Waals surface area contributed by atoms with Crippen LogP contribution in [0.3, 0.4) is 0 Å². The summed E-state index contributed by atoms with van der Waals surface area (Å²) < 4.78 is 5.08. The molecule has 0 aromatic heterocycles. The first-order valence-corrected chi connectivity index (χ1v) is 6.67. The molecule has 100 valence electrons. The van der Waals surface area contributed by atoms with Crippen LogP contribution in [0.5, 0.6) is 0 Å². The van der Waals surface area contributed by atoms with Crippen molar-refractivity contribution in [2.45, 2.75) is 66.3 Å². The summed E-state index contributed by atoms with van der Waals surface area (Å²) in [6, 6.07) is 0.248. The standard InChI is InChI=1S/C14H27NO2/c1-6-7-17-12(16)15-11-8-13(2,3)10-14(4,5)9-11/h11H,6-10H2,1-5H3,(H,15,16). The molecule has 0 aliphatic heterocycles. The van der Waals surface area contributed by atoms with Gasteiger partial charge in [0.25, 0.3) is 0 Å². The monoisotopic (exact) mass is 241 g/mol. The van der Waals surface area contributed by atoms with Gasteiger partial charge in [0, 0.05) is 6.04 Å². The fraction of sp³-hybridized carbons (Fsp3) is 0.929. The van der Waals surface area contributed by atoms with Crippen LogP contribution in [0.4, 0.5) is 4.79 Å². The maximum atomic E-state index is 11.6. The van der Waals surface area contributed by atoms with Crippen molar-refractivity contribution in [3.63, 3.8) is 0 Å². The molecule has 0 saturated heterocycles. The zero-order valence-electron chi connectivity index (χ0n) is 11.9. The van der Waals surface area contributed by atoms with E-state index in [1.54, 1.807) is 0 Å². The first-order valence-electron chi connectivity index (χ1n) is 6.67. The van der Waals surface area contributed by atoms with Gasteiger partial charge in [-0.15, -0.1) is 0 Å². The van der Waals surface area contributed by atoms with Gasteiger partial charge in [-0.1, -0.05) is 34.6 Å². The Hall–Kier alpha value is -0.730. The van der Waals surface area contributed by atoms with Gasteiger partial charge < -0.3 is 10.1 Å². The Labute approximate surface area is 105 Å². The summed E-state index contributed by atoms with van der Waals surface area (Å²) in [7, 11) is 0. The second kappa shape index (κ2) is 5.28. The van der Waals surface area contributed by atoms with Crippen molar-refractivity contribution in [1.29, 1.82) is 0 Å². The lowest BCUT2D eigenvalue weighted by molar-refractivity contribution is 0.0775. The Bertz CT molecular complexity index is 255. The summed E-state index contributed by atoms with van der Waals surface area (Å²) in [5.41, 5.74) is 0.592. The third-order valence-corrected chi connectivity index (χ3v) is 3.31. The molecule has 1 fully saturated rings. The van der Waals surface area contributed by atoms with Gasteiger partial charge in [0.1, 0.15) is 0 Å². The molecule has 0 atom stereocenters. The van der Waals surface area contributed by atoms with Gasteiger partial charge in [0.15, 0.2) is 0 Å². The number of nitrogens with one attached hydrogen (secondary N) is 1. The number of carbonyl (C=O) groups is 1. The number of amides is 1. The van der Waals surface area contributed by atoms with Gasteiger partial charge in [-0.05, 0) is 36.5 Å². The van der Waals surface area contributed by atoms with Crippen LogP contribution >= 0.6 is 0 Å². The molecule has 3 heteroatoms. The number of ether oxygens (including phenoxy) is 1. The highest BCUT2D eigenvalue weighted by Crippen LogP contribution is 2.45. The Kier molecular flexibility index (Phi) is 4.45. The Morgan fingerprint density at radius 1 is 1.24 bits per heavy atom. The van der Waals surface area contributed by atoms with Crippen LogP contribution in [0.1, 0.15) is 60.3 Å². The van der Waals surface area contributed by atoms with E-state index in [4.69, 9.17) is 4.74 Å². The molecule has 1 amide bonds. The van der Waals surface area contributed by atoms with Crippen molar-refractivity contribution < 1.29 is 9.53 Å². The van der Waals surface area contributed by atoms with Crippen LogP contribution in [0.2, 0.25) is 0 Å². The van der Waals surface area contributed by atoms with E-state index >= 15 is 0 Å². The third-order valence-electron chi connectivity index (χ3n) is 3.31. The van der Waals surface area contributed by atoms with Crippen LogP contribution in [-0.2, 0) is 4.74 Å². The minimum Gasteiger partial charge on any atom is -0.450 e. The lowest BCUT2D eigenvalue weighted by Gasteiger charge is -2.44. The lowest BCUT2D eigenvalue weighted by Crippen LogP contribution is -2.46. The molecule has 1 rings (SSSR count). The van der Waals surface area contributed by atoms with E-state index in [-0.39, 0.29) is 12.1 Å². The predicted octanol–water partition coefficient (Wildman–Crippen LogP) is 3.73. The van der Waals surface area contributed by atoms with E-state index in [2.05, 4.69) is 33.0 Å². The molecule has 0 heterocycles. The summed E-state index contributed by atoms with van der Waals surface area (Å²) in [6.07, 6.45) is 3.90. The molecule has 0 spiro atoms. The zero-order chi connectivity index (χ0) is 13.1. The fourth-order valence-corrected chi connectivity index (χ4v) is 3.35. The maximum Gasteiger partial charge on any atom is 0.407 e. The number of alkyl carbamates (subject to hydrolysis) is 1. The Balaban J connectivity index is 2.51. The van der Waals surface area contributed by atoms with Crippen LogP contribution in [0.25, 0.3) is 0 Å². The molecule has 0 aromatic rings. The van der Waals surface area contributed by atoms with Gasteiger partial charge in [-0.2, -0.15) is 0 Å². The maximum absolute atomic E-state index is 11.6. The van der Waals surface area contributed by atoms with Crippen molar-refractivity contribution in [2.24, 2.45) is 10.8 Å². The van der Waals surface area contributed by atoms with Crippen molar-refractivity contribution in [2.75, 3.05) is 6.61 Å². The van der Waals surface area contributed by atoms with Gasteiger partial charge >= 0.3 is 6.09 Å². The first kappa shape index (κ1) is 14.3. The van der Waals surface area contributed by atoms with Crippen molar-refractivity contribution in [3.8, 4) is 0 Å². The van der Waals surface area contributed by atoms with Gasteiger partial charge in [-0.25, -0.2) is 4.79 Å². The van der Waals surface area contributed by atoms with E-state index in [1.165, 1.54) is 6.42 Å². The Morgan fingerprint density at radius 3 is 2.24 bits per heavy atom. The average molecular weight is 241 g/mol. The van der Waals surface area contributed by atoms with Crippen LogP contribution in [0.15, 0.2) is 0 Å².